The fourth-order valence-corrected chi connectivity index (χ4v) is 2.66. The molecule has 1 aromatic carbocycles. The topological polar surface area (TPSA) is 54.0 Å². The van der Waals surface area contributed by atoms with Crippen LogP contribution in [0.4, 0.5) is 5.69 Å². The van der Waals surface area contributed by atoms with E-state index in [0.29, 0.717) is 0 Å². The van der Waals surface area contributed by atoms with Crippen LogP contribution < -0.4 is 10.6 Å². The van der Waals surface area contributed by atoms with E-state index in [-0.39, 0.29) is 24.2 Å². The zero-order valence-electron chi connectivity index (χ0n) is 12.1. The van der Waals surface area contributed by atoms with E-state index in [1.54, 1.807) is 0 Å². The van der Waals surface area contributed by atoms with Crippen molar-refractivity contribution in [3.05, 3.63) is 36.0 Å². The van der Waals surface area contributed by atoms with Crippen LogP contribution in [0.3, 0.4) is 0 Å². The molecule has 0 saturated carbocycles. The maximum atomic E-state index is 12.3. The van der Waals surface area contributed by atoms with Crippen LogP contribution in [0.15, 0.2) is 30.3 Å². The lowest BCUT2D eigenvalue weighted by Gasteiger charge is -2.22. The normalized spacial score (nSPS) is 15.5. The number of nitrogens with one attached hydrogen (secondary N) is 2. The Morgan fingerprint density at radius 1 is 1.24 bits per heavy atom. The van der Waals surface area contributed by atoms with Gasteiger partial charge in [0.2, 0.25) is 5.91 Å². The number of hydrogen-bond donors (Lipinski definition) is 2. The van der Waals surface area contributed by atoms with Gasteiger partial charge in [0.05, 0.1) is 11.2 Å². The summed E-state index contributed by atoms with van der Waals surface area (Å²) in [6.45, 7) is 3.81. The summed E-state index contributed by atoms with van der Waals surface area (Å²) in [6.07, 6.45) is 1.81. The van der Waals surface area contributed by atoms with Crippen LogP contribution in [-0.2, 0) is 4.79 Å². The zero-order valence-corrected chi connectivity index (χ0v) is 12.9. The monoisotopic (exact) mass is 305 g/mol. The first kappa shape index (κ1) is 15.7. The van der Waals surface area contributed by atoms with Crippen LogP contribution in [0.2, 0.25) is 0 Å². The maximum absolute atomic E-state index is 12.3. The Morgan fingerprint density at radius 3 is 2.76 bits per heavy atom. The van der Waals surface area contributed by atoms with E-state index in [0.717, 1.165) is 48.2 Å². The number of amides is 1. The Kier molecular flexibility index (Phi) is 5.15. The second-order valence-electron chi connectivity index (χ2n) is 5.34. The van der Waals surface area contributed by atoms with E-state index in [1.165, 1.54) is 0 Å². The van der Waals surface area contributed by atoms with Crippen LogP contribution in [-0.4, -0.2) is 24.0 Å². The second kappa shape index (κ2) is 6.87. The van der Waals surface area contributed by atoms with Crippen molar-refractivity contribution in [3.63, 3.8) is 0 Å². The number of aromatic nitrogens is 1. The Balaban J connectivity index is 0.00000161. The van der Waals surface area contributed by atoms with Crippen LogP contribution in [0, 0.1) is 12.8 Å². The summed E-state index contributed by atoms with van der Waals surface area (Å²) in [4.78, 5) is 16.9. The maximum Gasteiger partial charge on any atom is 0.227 e. The van der Waals surface area contributed by atoms with Crippen LogP contribution in [0.1, 0.15) is 18.5 Å². The molecular formula is C16H20ClN3O. The number of benzene rings is 1. The number of rotatable bonds is 2. The van der Waals surface area contributed by atoms with Gasteiger partial charge in [-0.15, -0.1) is 12.4 Å². The number of halogens is 1. The third-order valence-corrected chi connectivity index (χ3v) is 3.83. The van der Waals surface area contributed by atoms with Crippen molar-refractivity contribution in [3.8, 4) is 0 Å². The second-order valence-corrected chi connectivity index (χ2v) is 5.34. The average Bonchev–Trinajstić information content (AvgIpc) is 2.49. The smallest absolute Gasteiger partial charge is 0.227 e. The van der Waals surface area contributed by atoms with Gasteiger partial charge in [0.25, 0.3) is 0 Å². The molecule has 0 unspecified atom stereocenters. The van der Waals surface area contributed by atoms with Gasteiger partial charge in [0.15, 0.2) is 0 Å². The first-order chi connectivity index (χ1) is 9.74. The van der Waals surface area contributed by atoms with Gasteiger partial charge in [0, 0.05) is 17.0 Å². The van der Waals surface area contributed by atoms with Gasteiger partial charge in [0.1, 0.15) is 0 Å². The van der Waals surface area contributed by atoms with Gasteiger partial charge in [-0.3, -0.25) is 9.78 Å². The van der Waals surface area contributed by atoms with Crippen molar-refractivity contribution in [2.75, 3.05) is 18.4 Å². The largest absolute Gasteiger partial charge is 0.324 e. The van der Waals surface area contributed by atoms with Gasteiger partial charge in [-0.2, -0.15) is 0 Å². The van der Waals surface area contributed by atoms with Gasteiger partial charge in [-0.05, 0) is 45.0 Å². The third kappa shape index (κ3) is 3.52. The highest BCUT2D eigenvalue weighted by atomic mass is 35.5. The molecule has 1 aliphatic rings. The van der Waals surface area contributed by atoms with Gasteiger partial charge in [-0.25, -0.2) is 0 Å². The molecule has 1 amide bonds. The molecule has 2 aromatic rings. The number of para-hydroxylation sites is 1. The third-order valence-electron chi connectivity index (χ3n) is 3.83. The number of hydrogen-bond acceptors (Lipinski definition) is 3. The average molecular weight is 306 g/mol. The minimum absolute atomic E-state index is 0. The summed E-state index contributed by atoms with van der Waals surface area (Å²) in [5.41, 5.74) is 2.64. The molecule has 1 saturated heterocycles. The van der Waals surface area contributed by atoms with E-state index < -0.39 is 0 Å². The highest BCUT2D eigenvalue weighted by Gasteiger charge is 2.21. The number of aryl methyl sites for hydroxylation is 1. The lowest BCUT2D eigenvalue weighted by Crippen LogP contribution is -2.34. The predicted molar refractivity (Wildman–Crippen MR) is 88.0 cm³/mol. The highest BCUT2D eigenvalue weighted by Crippen LogP contribution is 2.23. The molecule has 0 spiro atoms. The van der Waals surface area contributed by atoms with Crippen LogP contribution in [0.25, 0.3) is 10.9 Å². The highest BCUT2D eigenvalue weighted by molar-refractivity contribution is 6.01. The Bertz CT molecular complexity index is 638. The first-order valence-electron chi connectivity index (χ1n) is 7.12. The predicted octanol–water partition coefficient (Wildman–Crippen LogP) is 2.90. The van der Waals surface area contributed by atoms with E-state index in [1.807, 2.05) is 37.3 Å². The SMILES string of the molecule is Cc1ccc2cccc(NC(=O)C3CCNCC3)c2n1.Cl. The molecule has 2 heterocycles. The summed E-state index contributed by atoms with van der Waals surface area (Å²) in [5.74, 6) is 0.221. The number of nitrogens with zero attached hydrogens (tertiary/aromatic N) is 1. The van der Waals surface area contributed by atoms with Crippen molar-refractivity contribution < 1.29 is 4.79 Å². The molecule has 5 heteroatoms. The Labute approximate surface area is 130 Å². The molecule has 0 radical (unpaired) electrons. The first-order valence-corrected chi connectivity index (χ1v) is 7.12. The number of carbonyl (C=O) groups excluding carboxylic acids is 1. The number of piperidine rings is 1. The standard InChI is InChI=1S/C16H19N3O.ClH/c1-11-5-6-12-3-2-4-14(15(12)18-11)19-16(20)13-7-9-17-10-8-13;/h2-6,13,17H,7-10H2,1H3,(H,19,20);1H. The van der Waals surface area contributed by atoms with Crippen LogP contribution in [0.5, 0.6) is 0 Å². The molecule has 1 aromatic heterocycles. The van der Waals surface area contributed by atoms with Crippen molar-refractivity contribution in [2.24, 2.45) is 5.92 Å². The summed E-state index contributed by atoms with van der Waals surface area (Å²) >= 11 is 0. The Morgan fingerprint density at radius 2 is 2.00 bits per heavy atom. The summed E-state index contributed by atoms with van der Waals surface area (Å²) in [7, 11) is 0. The van der Waals surface area contributed by atoms with Crippen molar-refractivity contribution in [2.45, 2.75) is 19.8 Å². The number of pyridine rings is 1. The molecule has 21 heavy (non-hydrogen) atoms. The van der Waals surface area contributed by atoms with Gasteiger partial charge < -0.3 is 10.6 Å². The summed E-state index contributed by atoms with van der Waals surface area (Å²) in [6, 6.07) is 9.92. The van der Waals surface area contributed by atoms with Gasteiger partial charge >= 0.3 is 0 Å². The molecule has 0 bridgehead atoms. The van der Waals surface area contributed by atoms with Gasteiger partial charge in [-0.1, -0.05) is 18.2 Å². The van der Waals surface area contributed by atoms with E-state index >= 15 is 0 Å². The molecule has 0 atom stereocenters. The lowest BCUT2D eigenvalue weighted by molar-refractivity contribution is -0.120. The van der Waals surface area contributed by atoms with Crippen LogP contribution >= 0.6 is 12.4 Å². The van der Waals surface area contributed by atoms with Crippen molar-refractivity contribution in [1.82, 2.24) is 10.3 Å². The fourth-order valence-electron chi connectivity index (χ4n) is 2.66. The van der Waals surface area contributed by atoms with Crippen molar-refractivity contribution in [1.29, 1.82) is 0 Å². The quantitative estimate of drug-likeness (QED) is 0.897. The number of fused-ring (bicyclic) bond motifs is 1. The molecule has 1 fully saturated rings. The lowest BCUT2D eigenvalue weighted by atomic mass is 9.97. The summed E-state index contributed by atoms with van der Waals surface area (Å²) in [5, 5.41) is 7.39. The number of carbonyl (C=O) groups is 1. The Hall–Kier alpha value is -1.65. The number of anilines is 1. The molecule has 1 aliphatic heterocycles. The molecule has 112 valence electrons. The molecule has 4 nitrogen and oxygen atoms in total. The minimum Gasteiger partial charge on any atom is -0.324 e. The minimum atomic E-state index is 0. The van der Waals surface area contributed by atoms with E-state index in [9.17, 15) is 4.79 Å². The van der Waals surface area contributed by atoms with E-state index in [4.69, 9.17) is 0 Å². The molecule has 3 rings (SSSR count). The van der Waals surface area contributed by atoms with E-state index in [2.05, 4.69) is 15.6 Å². The molecule has 0 aliphatic carbocycles. The molecular weight excluding hydrogens is 286 g/mol. The summed E-state index contributed by atoms with van der Waals surface area (Å²) < 4.78 is 0. The zero-order chi connectivity index (χ0) is 13.9. The molecule has 2 N–H and O–H groups in total. The van der Waals surface area contributed by atoms with Crippen molar-refractivity contribution >= 4 is 34.9 Å². The fraction of sp³-hybridized carbons (Fsp3) is 0.375.